The molecule has 0 radical (unpaired) electrons. The Bertz CT molecular complexity index is 1200. The molecule has 50 heavy (non-hydrogen) atoms. The zero-order valence-electron chi connectivity index (χ0n) is 33.4. The lowest BCUT2D eigenvalue weighted by molar-refractivity contribution is -0.150. The van der Waals surface area contributed by atoms with Crippen LogP contribution in [-0.2, 0) is 14.3 Å². The van der Waals surface area contributed by atoms with Crippen molar-refractivity contribution >= 4 is 5.97 Å². The molecule has 10 atom stereocenters. The van der Waals surface area contributed by atoms with Crippen molar-refractivity contribution in [3.8, 4) is 0 Å². The van der Waals surface area contributed by atoms with Gasteiger partial charge in [0.15, 0.2) is 6.10 Å². The molecule has 0 unspecified atom stereocenters. The molecule has 5 rings (SSSR count). The van der Waals surface area contributed by atoms with Gasteiger partial charge in [-0.15, -0.1) is 0 Å². The molecule has 5 aliphatic rings. The number of hydrogen-bond donors (Lipinski definition) is 1. The van der Waals surface area contributed by atoms with Crippen LogP contribution in [0.25, 0.3) is 0 Å². The van der Waals surface area contributed by atoms with Gasteiger partial charge in [-0.05, 0) is 111 Å². The molecule has 1 N–H and O–H groups in total. The van der Waals surface area contributed by atoms with E-state index >= 15 is 0 Å². The highest BCUT2D eigenvalue weighted by molar-refractivity contribution is 5.70. The summed E-state index contributed by atoms with van der Waals surface area (Å²) >= 11 is 0. The number of carbonyl (C=O) groups is 1. The summed E-state index contributed by atoms with van der Waals surface area (Å²) in [6.45, 7) is 16.7. The predicted molar refractivity (Wildman–Crippen MR) is 208 cm³/mol. The second-order valence-corrected chi connectivity index (χ2v) is 18.4. The Morgan fingerprint density at radius 2 is 1.54 bits per heavy atom. The number of epoxide rings is 1. The second-order valence-electron chi connectivity index (χ2n) is 18.4. The molecule has 1 heterocycles. The van der Waals surface area contributed by atoms with E-state index in [1.807, 2.05) is 0 Å². The van der Waals surface area contributed by atoms with Gasteiger partial charge in [0, 0.05) is 18.3 Å². The first-order valence-electron chi connectivity index (χ1n) is 21.6. The van der Waals surface area contributed by atoms with E-state index in [4.69, 9.17) is 9.47 Å². The summed E-state index contributed by atoms with van der Waals surface area (Å²) in [5.74, 6) is 2.71. The molecule has 284 valence electrons. The number of aliphatic hydroxyl groups is 1. The number of ether oxygens (including phenoxy) is 2. The number of carbonyl (C=O) groups excluding carboxylic acids is 1. The molecular formula is C46H76O4. The molecule has 4 aliphatic carbocycles. The van der Waals surface area contributed by atoms with E-state index in [-0.39, 0.29) is 40.7 Å². The summed E-state index contributed by atoms with van der Waals surface area (Å²) in [5.41, 5.74) is 2.85. The Hall–Kier alpha value is -1.39. The van der Waals surface area contributed by atoms with E-state index < -0.39 is 0 Å². The lowest BCUT2D eigenvalue weighted by Gasteiger charge is -2.56. The molecule has 1 saturated heterocycles. The molecule has 4 nitrogen and oxygen atoms in total. The number of aliphatic hydroxyl groups excluding tert-OH is 1. The summed E-state index contributed by atoms with van der Waals surface area (Å²) < 4.78 is 13.3. The zero-order chi connectivity index (χ0) is 35.9. The van der Waals surface area contributed by atoms with Crippen molar-refractivity contribution in [2.24, 2.45) is 40.4 Å². The largest absolute Gasteiger partial charge is 0.455 e. The molecule has 3 saturated carbocycles. The Balaban J connectivity index is 1.17. The maximum atomic E-state index is 13.6. The smallest absolute Gasteiger partial charge is 0.306 e. The number of hydrogen-bond acceptors (Lipinski definition) is 4. The number of esters is 1. The Morgan fingerprint density at radius 1 is 0.880 bits per heavy atom. The van der Waals surface area contributed by atoms with Crippen molar-refractivity contribution in [1.82, 2.24) is 0 Å². The summed E-state index contributed by atoms with van der Waals surface area (Å²) in [6.07, 6.45) is 33.0. The molecule has 0 aromatic heterocycles. The standard InChI is InChI=1S/C46H76O4/c1-8-9-10-11-12-13-14-15-16-17-18-19-20-21-22-23-40(48)49-42-41-38-27-26-37(35(5)25-24-34(4)33(2)3)44(38,6)30-29-39(41)45(7)31-28-36(47)32-46(45)43(42)50-46/h15-16,24-25,33-37,39,42-43,47H,8-14,17-23,26-32H2,1-7H3/b16-15-,25-24?/t34-,35+,36-,37+,39-,42-,43-,44+,45+,46-/m0/s1. The Labute approximate surface area is 307 Å². The minimum atomic E-state index is -0.345. The summed E-state index contributed by atoms with van der Waals surface area (Å²) in [6, 6.07) is 0. The van der Waals surface area contributed by atoms with Crippen molar-refractivity contribution < 1.29 is 19.4 Å². The molecule has 1 aliphatic heterocycles. The number of rotatable bonds is 20. The highest BCUT2D eigenvalue weighted by Gasteiger charge is 2.78. The van der Waals surface area contributed by atoms with Crippen LogP contribution in [0.2, 0.25) is 0 Å². The first-order chi connectivity index (χ1) is 24.0. The third kappa shape index (κ3) is 8.53. The molecule has 1 spiro atoms. The van der Waals surface area contributed by atoms with Crippen LogP contribution in [0.1, 0.15) is 183 Å². The van der Waals surface area contributed by atoms with E-state index in [2.05, 4.69) is 72.8 Å². The maximum Gasteiger partial charge on any atom is 0.306 e. The van der Waals surface area contributed by atoms with Crippen LogP contribution >= 0.6 is 0 Å². The number of unbranched alkanes of at least 4 members (excludes halogenated alkanes) is 11. The molecule has 0 bridgehead atoms. The molecule has 4 heteroatoms. The fraction of sp³-hybridized carbons (Fsp3) is 0.848. The lowest BCUT2D eigenvalue weighted by atomic mass is 9.48. The zero-order valence-corrected chi connectivity index (χ0v) is 33.4. The van der Waals surface area contributed by atoms with Gasteiger partial charge < -0.3 is 14.6 Å². The molecule has 0 aromatic carbocycles. The fourth-order valence-electron chi connectivity index (χ4n) is 11.1. The van der Waals surface area contributed by atoms with Crippen LogP contribution in [0.4, 0.5) is 0 Å². The highest BCUT2D eigenvalue weighted by atomic mass is 16.6. The highest BCUT2D eigenvalue weighted by Crippen LogP contribution is 2.73. The van der Waals surface area contributed by atoms with Crippen molar-refractivity contribution in [2.75, 3.05) is 0 Å². The van der Waals surface area contributed by atoms with Crippen molar-refractivity contribution in [3.63, 3.8) is 0 Å². The maximum absolute atomic E-state index is 13.6. The van der Waals surface area contributed by atoms with Crippen molar-refractivity contribution in [2.45, 2.75) is 207 Å². The molecule has 0 aromatic rings. The summed E-state index contributed by atoms with van der Waals surface area (Å²) in [7, 11) is 0. The topological polar surface area (TPSA) is 59.1 Å². The van der Waals surface area contributed by atoms with Crippen molar-refractivity contribution in [1.29, 1.82) is 0 Å². The first-order valence-corrected chi connectivity index (χ1v) is 21.6. The lowest BCUT2D eigenvalue weighted by Crippen LogP contribution is -2.58. The van der Waals surface area contributed by atoms with Gasteiger partial charge in [0.25, 0.3) is 0 Å². The van der Waals surface area contributed by atoms with Gasteiger partial charge in [0.2, 0.25) is 0 Å². The quantitative estimate of drug-likeness (QED) is 0.0597. The van der Waals surface area contributed by atoms with Crippen LogP contribution in [0, 0.1) is 40.4 Å². The molecular weight excluding hydrogens is 617 g/mol. The second kappa shape index (κ2) is 17.6. The summed E-state index contributed by atoms with van der Waals surface area (Å²) in [5, 5.41) is 10.8. The van der Waals surface area contributed by atoms with E-state index in [0.717, 1.165) is 38.5 Å². The third-order valence-corrected chi connectivity index (χ3v) is 14.8. The minimum absolute atomic E-state index is 0.00318. The van der Waals surface area contributed by atoms with E-state index in [1.54, 1.807) is 5.57 Å². The van der Waals surface area contributed by atoms with E-state index in [1.165, 1.54) is 89.0 Å². The van der Waals surface area contributed by atoms with Gasteiger partial charge in [0.1, 0.15) is 11.7 Å². The van der Waals surface area contributed by atoms with Gasteiger partial charge in [-0.2, -0.15) is 0 Å². The Morgan fingerprint density at radius 3 is 2.22 bits per heavy atom. The SMILES string of the molecule is CCCCCCCC/C=C\CCCCCCCC(=O)O[C@H]1C2=C3CC[C@H]([C@H](C)C=C[C@H](C)C(C)C)[C@@]3(C)CC[C@@H]2[C@@]2(C)CC[C@H](O)C[C@@]23O[C@@H]13. The fourth-order valence-corrected chi connectivity index (χ4v) is 11.1. The monoisotopic (exact) mass is 693 g/mol. The van der Waals surface area contributed by atoms with Crippen molar-refractivity contribution in [3.05, 3.63) is 35.5 Å². The minimum Gasteiger partial charge on any atom is -0.455 e. The van der Waals surface area contributed by atoms with Crippen LogP contribution in [0.15, 0.2) is 35.5 Å². The average Bonchev–Trinajstić information content (AvgIpc) is 3.70. The average molecular weight is 693 g/mol. The van der Waals surface area contributed by atoms with Gasteiger partial charge in [-0.25, -0.2) is 0 Å². The van der Waals surface area contributed by atoms with E-state index in [9.17, 15) is 9.90 Å². The van der Waals surface area contributed by atoms with Crippen LogP contribution < -0.4 is 0 Å². The molecule has 4 fully saturated rings. The first kappa shape index (κ1) is 39.8. The Kier molecular flexibility index (Phi) is 14.0. The van der Waals surface area contributed by atoms with E-state index in [0.29, 0.717) is 42.4 Å². The number of fused-ring (bicyclic) bond motifs is 3. The van der Waals surface area contributed by atoms with Crippen LogP contribution in [0.3, 0.4) is 0 Å². The van der Waals surface area contributed by atoms with Crippen LogP contribution in [-0.4, -0.2) is 35.0 Å². The van der Waals surface area contributed by atoms with Gasteiger partial charge in [0.05, 0.1) is 6.10 Å². The normalized spacial score (nSPS) is 36.0. The third-order valence-electron chi connectivity index (χ3n) is 14.8. The van der Waals surface area contributed by atoms with Crippen LogP contribution in [0.5, 0.6) is 0 Å². The van der Waals surface area contributed by atoms with Gasteiger partial charge >= 0.3 is 5.97 Å². The summed E-state index contributed by atoms with van der Waals surface area (Å²) in [4.78, 5) is 13.6. The van der Waals surface area contributed by atoms with Gasteiger partial charge in [-0.1, -0.05) is 130 Å². The molecule has 0 amide bonds. The predicted octanol–water partition coefficient (Wildman–Crippen LogP) is 12.2. The number of allylic oxidation sites excluding steroid dienone is 5. The van der Waals surface area contributed by atoms with Gasteiger partial charge in [-0.3, -0.25) is 4.79 Å².